The van der Waals surface area contributed by atoms with Gasteiger partial charge in [-0.3, -0.25) is 4.79 Å². The van der Waals surface area contributed by atoms with Crippen LogP contribution < -0.4 is 5.32 Å². The zero-order valence-corrected chi connectivity index (χ0v) is 17.6. The fourth-order valence-electron chi connectivity index (χ4n) is 3.04. The van der Waals surface area contributed by atoms with E-state index < -0.39 is 23.3 Å². The summed E-state index contributed by atoms with van der Waals surface area (Å²) in [6.07, 6.45) is 1.50. The number of aromatic nitrogens is 8. The SMILES string of the molecule is O=C(Nc1cnc(-n2nccn2)c(Cl)c1)c1cnn(-c2nsc3ncccc23)c1C(F)(F)F. The van der Waals surface area contributed by atoms with Gasteiger partial charge in [0.05, 0.1) is 46.4 Å². The van der Waals surface area contributed by atoms with Crippen LogP contribution in [0.4, 0.5) is 18.9 Å². The summed E-state index contributed by atoms with van der Waals surface area (Å²) in [6, 6.07) is 4.47. The number of carbonyl (C=O) groups is 1. The van der Waals surface area contributed by atoms with E-state index in [9.17, 15) is 18.0 Å². The van der Waals surface area contributed by atoms with Crippen LogP contribution in [0.2, 0.25) is 5.02 Å². The van der Waals surface area contributed by atoms with Gasteiger partial charge in [0.15, 0.2) is 17.3 Å². The summed E-state index contributed by atoms with van der Waals surface area (Å²) in [6.45, 7) is 0. The van der Waals surface area contributed by atoms with Crippen LogP contribution in [0, 0.1) is 0 Å². The van der Waals surface area contributed by atoms with Gasteiger partial charge in [-0.15, -0.1) is 4.80 Å². The summed E-state index contributed by atoms with van der Waals surface area (Å²) in [5, 5.41) is 14.4. The normalized spacial score (nSPS) is 11.8. The van der Waals surface area contributed by atoms with E-state index in [4.69, 9.17) is 11.6 Å². The van der Waals surface area contributed by atoms with E-state index in [2.05, 4.69) is 35.0 Å². The number of pyridine rings is 2. The van der Waals surface area contributed by atoms with Crippen LogP contribution in [-0.4, -0.2) is 45.0 Å². The Morgan fingerprint density at radius 3 is 2.58 bits per heavy atom. The molecule has 1 amide bonds. The molecule has 0 fully saturated rings. The summed E-state index contributed by atoms with van der Waals surface area (Å²) in [7, 11) is 0. The second kappa shape index (κ2) is 7.90. The quantitative estimate of drug-likeness (QED) is 0.406. The lowest BCUT2D eigenvalue weighted by atomic mass is 10.2. The molecule has 0 unspecified atom stereocenters. The molecule has 0 saturated heterocycles. The zero-order chi connectivity index (χ0) is 23.2. The predicted molar refractivity (Wildman–Crippen MR) is 112 cm³/mol. The van der Waals surface area contributed by atoms with Crippen LogP contribution in [0.5, 0.6) is 0 Å². The summed E-state index contributed by atoms with van der Waals surface area (Å²) in [5.41, 5.74) is -1.89. The Morgan fingerprint density at radius 1 is 1.06 bits per heavy atom. The predicted octanol–water partition coefficient (Wildman–Crippen LogP) is 3.78. The van der Waals surface area contributed by atoms with E-state index >= 15 is 0 Å². The van der Waals surface area contributed by atoms with Gasteiger partial charge in [-0.1, -0.05) is 11.6 Å². The molecule has 0 saturated carbocycles. The van der Waals surface area contributed by atoms with Gasteiger partial charge >= 0.3 is 6.18 Å². The lowest BCUT2D eigenvalue weighted by Crippen LogP contribution is -2.21. The molecule has 0 bridgehead atoms. The Kier molecular flexibility index (Phi) is 5.02. The molecule has 0 atom stereocenters. The highest BCUT2D eigenvalue weighted by Gasteiger charge is 2.41. The van der Waals surface area contributed by atoms with Crippen LogP contribution in [0.3, 0.4) is 0 Å². The monoisotopic (exact) mass is 491 g/mol. The van der Waals surface area contributed by atoms with Crippen LogP contribution in [0.25, 0.3) is 21.9 Å². The number of rotatable bonds is 4. The largest absolute Gasteiger partial charge is 0.434 e. The third-order valence-electron chi connectivity index (χ3n) is 4.40. The lowest BCUT2D eigenvalue weighted by Gasteiger charge is -2.12. The van der Waals surface area contributed by atoms with Gasteiger partial charge < -0.3 is 5.32 Å². The summed E-state index contributed by atoms with van der Waals surface area (Å²) in [4.78, 5) is 22.5. The first-order valence-electron chi connectivity index (χ1n) is 9.02. The number of nitrogens with zero attached hydrogens (tertiary/aromatic N) is 8. The van der Waals surface area contributed by atoms with Gasteiger partial charge in [0, 0.05) is 6.20 Å². The maximum absolute atomic E-state index is 14.0. The molecular formula is C18H9ClF3N9OS. The van der Waals surface area contributed by atoms with Gasteiger partial charge in [0.2, 0.25) is 0 Å². The van der Waals surface area contributed by atoms with Crippen LogP contribution in [0.1, 0.15) is 16.1 Å². The van der Waals surface area contributed by atoms with Gasteiger partial charge in [-0.2, -0.15) is 32.8 Å². The number of fused-ring (bicyclic) bond motifs is 1. The Balaban J connectivity index is 1.51. The number of nitrogens with one attached hydrogen (secondary N) is 1. The fourth-order valence-corrected chi connectivity index (χ4v) is 4.00. The second-order valence-corrected chi connectivity index (χ2v) is 7.64. The zero-order valence-electron chi connectivity index (χ0n) is 16.0. The summed E-state index contributed by atoms with van der Waals surface area (Å²) in [5.74, 6) is -0.934. The molecule has 5 rings (SSSR count). The minimum absolute atomic E-state index is 0.0738. The molecule has 0 aromatic carbocycles. The molecule has 1 N–H and O–H groups in total. The molecular weight excluding hydrogens is 483 g/mol. The molecule has 5 heterocycles. The van der Waals surface area contributed by atoms with Crippen molar-refractivity contribution in [3.8, 4) is 11.6 Å². The van der Waals surface area contributed by atoms with E-state index in [1.165, 1.54) is 30.9 Å². The van der Waals surface area contributed by atoms with Crippen molar-refractivity contribution in [1.82, 2.24) is 39.1 Å². The van der Waals surface area contributed by atoms with Crippen LogP contribution in [-0.2, 0) is 6.18 Å². The first-order chi connectivity index (χ1) is 15.8. The second-order valence-electron chi connectivity index (χ2n) is 6.48. The topological polar surface area (TPSA) is 116 Å². The van der Waals surface area contributed by atoms with Crippen molar-refractivity contribution in [2.45, 2.75) is 6.18 Å². The van der Waals surface area contributed by atoms with Crippen molar-refractivity contribution in [2.75, 3.05) is 5.32 Å². The highest BCUT2D eigenvalue weighted by Crippen LogP contribution is 2.35. The maximum Gasteiger partial charge on any atom is 0.434 e. The van der Waals surface area contributed by atoms with E-state index in [0.29, 0.717) is 14.9 Å². The average molecular weight is 492 g/mol. The Labute approximate surface area is 190 Å². The third-order valence-corrected chi connectivity index (χ3v) is 5.44. The van der Waals surface area contributed by atoms with E-state index in [-0.39, 0.29) is 22.3 Å². The first-order valence-corrected chi connectivity index (χ1v) is 10.2. The Hall–Kier alpha value is -3.91. The number of alkyl halides is 3. The molecule has 0 aliphatic heterocycles. The molecule has 0 radical (unpaired) electrons. The number of hydrogen-bond acceptors (Lipinski definition) is 8. The lowest BCUT2D eigenvalue weighted by molar-refractivity contribution is -0.143. The van der Waals surface area contributed by atoms with Crippen LogP contribution in [0.15, 0.2) is 49.2 Å². The maximum atomic E-state index is 14.0. The smallest absolute Gasteiger partial charge is 0.320 e. The molecule has 0 aliphatic carbocycles. The highest BCUT2D eigenvalue weighted by molar-refractivity contribution is 7.13. The minimum Gasteiger partial charge on any atom is -0.320 e. The molecule has 33 heavy (non-hydrogen) atoms. The number of amides is 1. The van der Waals surface area contributed by atoms with Crippen LogP contribution >= 0.6 is 23.1 Å². The van der Waals surface area contributed by atoms with Gasteiger partial charge in [0.25, 0.3) is 5.91 Å². The molecule has 166 valence electrons. The summed E-state index contributed by atoms with van der Waals surface area (Å²) < 4.78 is 46.6. The Morgan fingerprint density at radius 2 is 1.85 bits per heavy atom. The Bertz CT molecular complexity index is 1480. The molecule has 5 aromatic heterocycles. The number of halogens is 4. The number of carbonyl (C=O) groups excluding carboxylic acids is 1. The molecule has 0 aliphatic rings. The average Bonchev–Trinajstić information content (AvgIpc) is 3.52. The molecule has 5 aromatic rings. The van der Waals surface area contributed by atoms with E-state index in [0.717, 1.165) is 22.5 Å². The molecule has 15 heteroatoms. The van der Waals surface area contributed by atoms with Gasteiger partial charge in [-0.25, -0.2) is 14.6 Å². The number of anilines is 1. The van der Waals surface area contributed by atoms with E-state index in [1.54, 1.807) is 12.1 Å². The van der Waals surface area contributed by atoms with Crippen molar-refractivity contribution in [2.24, 2.45) is 0 Å². The van der Waals surface area contributed by atoms with Crippen molar-refractivity contribution in [3.05, 3.63) is 65.5 Å². The van der Waals surface area contributed by atoms with Crippen molar-refractivity contribution < 1.29 is 18.0 Å². The van der Waals surface area contributed by atoms with Crippen molar-refractivity contribution in [1.29, 1.82) is 0 Å². The standard InChI is InChI=1S/C18H9ClF3N9OS/c19-12-6-9(7-24-15(12)31-25-4-5-26-31)28-16(32)11-8-27-30(13(11)18(20,21)22)14-10-2-1-3-23-17(10)33-29-14/h1-8H,(H,28,32). The third kappa shape index (κ3) is 3.78. The molecule has 10 nitrogen and oxygen atoms in total. The van der Waals surface area contributed by atoms with Crippen molar-refractivity contribution in [3.63, 3.8) is 0 Å². The van der Waals surface area contributed by atoms with Gasteiger partial charge in [-0.05, 0) is 29.7 Å². The fraction of sp³-hybridized carbons (Fsp3) is 0.0556. The highest BCUT2D eigenvalue weighted by atomic mass is 35.5. The first kappa shape index (κ1) is 21.0. The van der Waals surface area contributed by atoms with Gasteiger partial charge in [0.1, 0.15) is 4.83 Å². The number of hydrogen-bond donors (Lipinski definition) is 1. The van der Waals surface area contributed by atoms with E-state index in [1.807, 2.05) is 0 Å². The van der Waals surface area contributed by atoms with Crippen molar-refractivity contribution >= 4 is 44.9 Å². The molecule has 0 spiro atoms. The minimum atomic E-state index is -4.90. The summed E-state index contributed by atoms with van der Waals surface area (Å²) >= 11 is 7.08.